The number of amides is 1. The molecule has 2 rings (SSSR count). The zero-order valence-corrected chi connectivity index (χ0v) is 17.2. The molecule has 2 N–H and O–H groups in total. The lowest BCUT2D eigenvalue weighted by Gasteiger charge is -2.14. The van der Waals surface area contributed by atoms with Crippen LogP contribution in [0.1, 0.15) is 34.0 Å². The molecule has 0 aliphatic rings. The third-order valence-corrected chi connectivity index (χ3v) is 4.24. The summed E-state index contributed by atoms with van der Waals surface area (Å²) in [6.45, 7) is 4.61. The van der Waals surface area contributed by atoms with Gasteiger partial charge in [0.05, 0.1) is 13.2 Å². The van der Waals surface area contributed by atoms with Crippen LogP contribution in [0.4, 0.5) is 0 Å². The van der Waals surface area contributed by atoms with E-state index in [0.717, 1.165) is 23.6 Å². The lowest BCUT2D eigenvalue weighted by Crippen LogP contribution is -2.37. The second-order valence-corrected chi connectivity index (χ2v) is 6.65. The Kier molecular flexibility index (Phi) is 8.49. The molecule has 0 heterocycles. The number of guanidine groups is 1. The van der Waals surface area contributed by atoms with Crippen LogP contribution in [0.2, 0.25) is 0 Å². The van der Waals surface area contributed by atoms with Crippen molar-refractivity contribution in [3.8, 4) is 0 Å². The van der Waals surface area contributed by atoms with Crippen molar-refractivity contribution < 1.29 is 9.53 Å². The topological polar surface area (TPSA) is 66.0 Å². The molecule has 0 aromatic heterocycles. The van der Waals surface area contributed by atoms with Gasteiger partial charge in [0, 0.05) is 39.9 Å². The van der Waals surface area contributed by atoms with Gasteiger partial charge in [-0.2, -0.15) is 0 Å². The van der Waals surface area contributed by atoms with E-state index in [9.17, 15) is 4.79 Å². The van der Waals surface area contributed by atoms with Crippen LogP contribution in [0.5, 0.6) is 0 Å². The molecule has 6 nitrogen and oxygen atoms in total. The highest BCUT2D eigenvalue weighted by molar-refractivity contribution is 5.93. The third kappa shape index (κ3) is 6.39. The molecular weight excluding hydrogens is 352 g/mol. The first-order valence-electron chi connectivity index (χ1n) is 9.43. The first-order valence-corrected chi connectivity index (χ1v) is 9.43. The Morgan fingerprint density at radius 1 is 1.04 bits per heavy atom. The standard InChI is InChI=1S/C22H30N4O2/c1-5-23-22(25-15-19-8-6-7-9-20(19)16-28-4)24-14-17-10-12-18(13-11-17)21(27)26(2)3/h6-13H,5,14-16H2,1-4H3,(H2,23,24,25). The Hall–Kier alpha value is -2.86. The van der Waals surface area contributed by atoms with Gasteiger partial charge in [-0.3, -0.25) is 4.79 Å². The molecule has 0 saturated carbocycles. The highest BCUT2D eigenvalue weighted by atomic mass is 16.5. The van der Waals surface area contributed by atoms with E-state index >= 15 is 0 Å². The number of aliphatic imine (C=N–C) groups is 1. The number of hydrogen-bond donors (Lipinski definition) is 2. The zero-order valence-electron chi connectivity index (χ0n) is 17.2. The van der Waals surface area contributed by atoms with Crippen LogP contribution in [-0.4, -0.2) is 44.5 Å². The van der Waals surface area contributed by atoms with Crippen molar-refractivity contribution in [3.63, 3.8) is 0 Å². The molecule has 0 fully saturated rings. The van der Waals surface area contributed by atoms with Crippen molar-refractivity contribution >= 4 is 11.9 Å². The average molecular weight is 383 g/mol. The van der Waals surface area contributed by atoms with Gasteiger partial charge in [-0.05, 0) is 35.7 Å². The summed E-state index contributed by atoms with van der Waals surface area (Å²) in [6, 6.07) is 15.8. The van der Waals surface area contributed by atoms with Gasteiger partial charge >= 0.3 is 0 Å². The van der Waals surface area contributed by atoms with Gasteiger partial charge in [0.15, 0.2) is 5.96 Å². The van der Waals surface area contributed by atoms with Crippen molar-refractivity contribution in [1.82, 2.24) is 15.5 Å². The number of hydrogen-bond acceptors (Lipinski definition) is 3. The number of nitrogens with one attached hydrogen (secondary N) is 2. The fraction of sp³-hybridized carbons (Fsp3) is 0.364. The van der Waals surface area contributed by atoms with Crippen LogP contribution in [0.15, 0.2) is 53.5 Å². The normalized spacial score (nSPS) is 11.2. The lowest BCUT2D eigenvalue weighted by molar-refractivity contribution is 0.0827. The first-order chi connectivity index (χ1) is 13.5. The summed E-state index contributed by atoms with van der Waals surface area (Å²) in [6.07, 6.45) is 0. The predicted molar refractivity (Wildman–Crippen MR) is 113 cm³/mol. The van der Waals surface area contributed by atoms with Gasteiger partial charge in [0.25, 0.3) is 5.91 Å². The highest BCUT2D eigenvalue weighted by Crippen LogP contribution is 2.10. The summed E-state index contributed by atoms with van der Waals surface area (Å²) in [5.74, 6) is 0.753. The molecule has 28 heavy (non-hydrogen) atoms. The molecule has 0 atom stereocenters. The molecule has 0 saturated heterocycles. The summed E-state index contributed by atoms with van der Waals surface area (Å²) in [7, 11) is 5.20. The van der Waals surface area contributed by atoms with Crippen LogP contribution in [0.3, 0.4) is 0 Å². The maximum absolute atomic E-state index is 12.0. The number of carbonyl (C=O) groups is 1. The Labute approximate surface area is 167 Å². The molecular formula is C22H30N4O2. The monoisotopic (exact) mass is 382 g/mol. The average Bonchev–Trinajstić information content (AvgIpc) is 2.71. The van der Waals surface area contributed by atoms with E-state index in [2.05, 4.69) is 27.8 Å². The Morgan fingerprint density at radius 2 is 1.71 bits per heavy atom. The predicted octanol–water partition coefficient (Wildman–Crippen LogP) is 2.79. The van der Waals surface area contributed by atoms with Gasteiger partial charge < -0.3 is 20.3 Å². The summed E-state index contributed by atoms with van der Waals surface area (Å²) in [5, 5.41) is 6.64. The number of methoxy groups -OCH3 is 1. The van der Waals surface area contributed by atoms with Crippen LogP contribution in [-0.2, 0) is 24.4 Å². The molecule has 150 valence electrons. The second kappa shape index (κ2) is 11.1. The Balaban J connectivity index is 2.01. The van der Waals surface area contributed by atoms with E-state index in [1.54, 1.807) is 26.1 Å². The van der Waals surface area contributed by atoms with Crippen LogP contribution in [0, 0.1) is 0 Å². The lowest BCUT2D eigenvalue weighted by atomic mass is 10.1. The molecule has 0 bridgehead atoms. The number of benzene rings is 2. The second-order valence-electron chi connectivity index (χ2n) is 6.65. The van der Waals surface area contributed by atoms with Crippen LogP contribution >= 0.6 is 0 Å². The van der Waals surface area contributed by atoms with E-state index in [-0.39, 0.29) is 5.91 Å². The fourth-order valence-electron chi connectivity index (χ4n) is 2.73. The molecule has 2 aromatic rings. The van der Waals surface area contributed by atoms with E-state index in [0.29, 0.717) is 25.3 Å². The van der Waals surface area contributed by atoms with Crippen molar-refractivity contribution in [2.45, 2.75) is 26.6 Å². The van der Waals surface area contributed by atoms with Gasteiger partial charge in [-0.25, -0.2) is 4.99 Å². The minimum Gasteiger partial charge on any atom is -0.380 e. The molecule has 0 unspecified atom stereocenters. The molecule has 0 radical (unpaired) electrons. The number of rotatable bonds is 8. The van der Waals surface area contributed by atoms with Gasteiger partial charge in [-0.15, -0.1) is 0 Å². The maximum atomic E-state index is 12.0. The number of nitrogens with zero attached hydrogens (tertiary/aromatic N) is 2. The van der Waals surface area contributed by atoms with Gasteiger partial charge in [-0.1, -0.05) is 36.4 Å². The summed E-state index contributed by atoms with van der Waals surface area (Å²) in [5.41, 5.74) is 4.07. The molecule has 0 aliphatic heterocycles. The minimum atomic E-state index is -0.000203. The van der Waals surface area contributed by atoms with E-state index < -0.39 is 0 Å². The molecule has 2 aromatic carbocycles. The molecule has 0 spiro atoms. The smallest absolute Gasteiger partial charge is 0.253 e. The minimum absolute atomic E-state index is 0.000203. The summed E-state index contributed by atoms with van der Waals surface area (Å²) >= 11 is 0. The Bertz CT molecular complexity index is 785. The fourth-order valence-corrected chi connectivity index (χ4v) is 2.73. The summed E-state index contributed by atoms with van der Waals surface area (Å²) < 4.78 is 5.27. The number of ether oxygens (including phenoxy) is 1. The third-order valence-electron chi connectivity index (χ3n) is 4.24. The molecule has 6 heteroatoms. The van der Waals surface area contributed by atoms with Crippen molar-refractivity contribution in [1.29, 1.82) is 0 Å². The molecule has 0 aliphatic carbocycles. The SMILES string of the molecule is CCNC(=NCc1ccc(C(=O)N(C)C)cc1)NCc1ccccc1COC. The van der Waals surface area contributed by atoms with E-state index in [1.165, 1.54) is 5.56 Å². The van der Waals surface area contributed by atoms with Crippen molar-refractivity contribution in [2.24, 2.45) is 4.99 Å². The highest BCUT2D eigenvalue weighted by Gasteiger charge is 2.07. The Morgan fingerprint density at radius 3 is 2.32 bits per heavy atom. The molecule has 1 amide bonds. The van der Waals surface area contributed by atoms with Gasteiger partial charge in [0.2, 0.25) is 0 Å². The van der Waals surface area contributed by atoms with E-state index in [1.807, 2.05) is 43.3 Å². The van der Waals surface area contributed by atoms with Gasteiger partial charge in [0.1, 0.15) is 0 Å². The maximum Gasteiger partial charge on any atom is 0.253 e. The van der Waals surface area contributed by atoms with Crippen molar-refractivity contribution in [2.75, 3.05) is 27.7 Å². The van der Waals surface area contributed by atoms with Crippen molar-refractivity contribution in [3.05, 3.63) is 70.8 Å². The first kappa shape index (κ1) is 21.4. The number of carbonyl (C=O) groups excluding carboxylic acids is 1. The largest absolute Gasteiger partial charge is 0.380 e. The zero-order chi connectivity index (χ0) is 20.4. The van der Waals surface area contributed by atoms with E-state index in [4.69, 9.17) is 4.74 Å². The van der Waals surface area contributed by atoms with Crippen LogP contribution < -0.4 is 10.6 Å². The quantitative estimate of drug-likeness (QED) is 0.544. The van der Waals surface area contributed by atoms with Crippen LogP contribution in [0.25, 0.3) is 0 Å². The summed E-state index contributed by atoms with van der Waals surface area (Å²) in [4.78, 5) is 18.2.